The molecule has 1 saturated heterocycles. The van der Waals surface area contributed by atoms with E-state index in [0.29, 0.717) is 11.1 Å². The highest BCUT2D eigenvalue weighted by molar-refractivity contribution is 8.76. The van der Waals surface area contributed by atoms with Crippen molar-refractivity contribution < 1.29 is 33.8 Å². The van der Waals surface area contributed by atoms with Crippen molar-refractivity contribution in [2.75, 3.05) is 18.1 Å². The van der Waals surface area contributed by atoms with Gasteiger partial charge in [0.2, 0.25) is 29.5 Å². The molecule has 0 bridgehead atoms. The minimum Gasteiger partial charge on any atom is -0.368 e. The fraction of sp³-hybridized carbons (Fsp3) is 0.346. The van der Waals surface area contributed by atoms with E-state index in [1.165, 1.54) is 48.5 Å². The third-order valence-electron chi connectivity index (χ3n) is 6.45. The number of rotatable bonds is 9. The van der Waals surface area contributed by atoms with E-state index >= 15 is 0 Å². The molecular formula is C26H30N8O9S2. The molecular weight excluding hydrogens is 632 g/mol. The summed E-state index contributed by atoms with van der Waals surface area (Å²) < 4.78 is 0. The zero-order chi connectivity index (χ0) is 33.1. The molecule has 2 aromatic rings. The fourth-order valence-electron chi connectivity index (χ4n) is 4.00. The largest absolute Gasteiger partial charge is 0.368 e. The second-order valence-electron chi connectivity index (χ2n) is 9.79. The van der Waals surface area contributed by atoms with Crippen molar-refractivity contribution in [3.8, 4) is 0 Å². The topological polar surface area (TPSA) is 272 Å². The van der Waals surface area contributed by atoms with Crippen LogP contribution in [0.2, 0.25) is 0 Å². The number of carbonyl (C=O) groups excluding carboxylic acids is 5. The maximum Gasteiger partial charge on any atom is 0.269 e. The van der Waals surface area contributed by atoms with Crippen LogP contribution >= 0.6 is 21.6 Å². The third-order valence-corrected chi connectivity index (χ3v) is 8.87. The number of nitrogens with two attached hydrogens (primary N) is 2. The van der Waals surface area contributed by atoms with Crippen molar-refractivity contribution in [1.29, 1.82) is 0 Å². The van der Waals surface area contributed by atoms with Crippen LogP contribution in [0.5, 0.6) is 0 Å². The molecule has 0 spiro atoms. The van der Waals surface area contributed by atoms with Crippen molar-refractivity contribution in [2.24, 2.45) is 11.5 Å². The van der Waals surface area contributed by atoms with Crippen molar-refractivity contribution >= 4 is 62.5 Å². The van der Waals surface area contributed by atoms with E-state index in [-0.39, 0.29) is 35.7 Å². The lowest BCUT2D eigenvalue weighted by atomic mass is 10.0. The third kappa shape index (κ3) is 10.7. The van der Waals surface area contributed by atoms with Crippen LogP contribution in [0.3, 0.4) is 0 Å². The molecule has 45 heavy (non-hydrogen) atoms. The molecule has 1 fully saturated rings. The van der Waals surface area contributed by atoms with Crippen LogP contribution in [0.25, 0.3) is 0 Å². The highest BCUT2D eigenvalue weighted by atomic mass is 33.1. The zero-order valence-corrected chi connectivity index (χ0v) is 25.1. The lowest BCUT2D eigenvalue weighted by Crippen LogP contribution is -2.57. The maximum atomic E-state index is 13.1. The lowest BCUT2D eigenvalue weighted by Gasteiger charge is -2.24. The van der Waals surface area contributed by atoms with Gasteiger partial charge in [-0.05, 0) is 17.5 Å². The predicted octanol–water partition coefficient (Wildman–Crippen LogP) is -0.934. The Balaban J connectivity index is 1.71. The molecule has 19 heteroatoms. The van der Waals surface area contributed by atoms with Gasteiger partial charge in [-0.25, -0.2) is 0 Å². The van der Waals surface area contributed by atoms with E-state index in [9.17, 15) is 44.2 Å². The van der Waals surface area contributed by atoms with Crippen LogP contribution in [0.4, 0.5) is 11.4 Å². The first-order valence-corrected chi connectivity index (χ1v) is 15.8. The summed E-state index contributed by atoms with van der Waals surface area (Å²) in [5, 5.41) is 31.8. The summed E-state index contributed by atoms with van der Waals surface area (Å²) in [6, 6.07) is 6.18. The first-order valence-electron chi connectivity index (χ1n) is 13.3. The number of benzene rings is 2. The Morgan fingerprint density at radius 2 is 1.44 bits per heavy atom. The molecule has 240 valence electrons. The zero-order valence-electron chi connectivity index (χ0n) is 23.5. The van der Waals surface area contributed by atoms with E-state index in [0.717, 1.165) is 21.6 Å². The van der Waals surface area contributed by atoms with Gasteiger partial charge in [0.25, 0.3) is 11.4 Å². The summed E-state index contributed by atoms with van der Waals surface area (Å²) >= 11 is 0. The molecule has 0 unspecified atom stereocenters. The van der Waals surface area contributed by atoms with Gasteiger partial charge in [-0.15, -0.1) is 0 Å². The number of nitro groups is 2. The molecule has 0 saturated carbocycles. The summed E-state index contributed by atoms with van der Waals surface area (Å²) in [4.78, 5) is 84.5. The summed E-state index contributed by atoms with van der Waals surface area (Å²) in [5.74, 6) is -3.75. The molecule has 1 heterocycles. The van der Waals surface area contributed by atoms with Gasteiger partial charge in [0.1, 0.15) is 18.1 Å². The van der Waals surface area contributed by atoms with E-state index in [1.54, 1.807) is 0 Å². The average molecular weight is 663 g/mol. The minimum absolute atomic E-state index is 0.00366. The van der Waals surface area contributed by atoms with Crippen LogP contribution in [-0.4, -0.2) is 81.6 Å². The minimum atomic E-state index is -1.23. The van der Waals surface area contributed by atoms with Gasteiger partial charge in [0.05, 0.1) is 22.4 Å². The monoisotopic (exact) mass is 662 g/mol. The molecule has 17 nitrogen and oxygen atoms in total. The van der Waals surface area contributed by atoms with Crippen molar-refractivity contribution in [1.82, 2.24) is 21.3 Å². The highest BCUT2D eigenvalue weighted by Crippen LogP contribution is 2.23. The summed E-state index contributed by atoms with van der Waals surface area (Å²) in [5.41, 5.74) is 12.2. The van der Waals surface area contributed by atoms with E-state index in [4.69, 9.17) is 11.5 Å². The van der Waals surface area contributed by atoms with Gasteiger partial charge < -0.3 is 32.7 Å². The number of amides is 5. The summed E-state index contributed by atoms with van der Waals surface area (Å²) in [6.07, 6.45) is -0.0686. The van der Waals surface area contributed by atoms with Crippen LogP contribution in [0.1, 0.15) is 11.1 Å². The van der Waals surface area contributed by atoms with Crippen LogP contribution in [0.15, 0.2) is 48.5 Å². The maximum absolute atomic E-state index is 13.1. The van der Waals surface area contributed by atoms with Gasteiger partial charge in [-0.2, -0.15) is 0 Å². The standard InChI is InChI=1S/C26H30N8O9S2/c27-18(9-14-1-5-16(6-2-14)33(40)41)24(37)32-21-13-45-44-12-20(23(28)36)31-26(39)19(30-22(35)11-29-25(21)38)10-15-3-7-17(8-4-15)34(42)43/h1-8,18-21H,9-13,27H2,(H2,28,36)(H,29,38)(H,30,35)(H,31,39)(H,32,37)/t18-,19-,20+,21+/m0/s1. The Labute approximate surface area is 263 Å². The van der Waals surface area contributed by atoms with E-state index < -0.39 is 70.1 Å². The fourth-order valence-corrected chi connectivity index (χ4v) is 6.34. The van der Waals surface area contributed by atoms with Gasteiger partial charge in [0, 0.05) is 42.2 Å². The Kier molecular flexibility index (Phi) is 12.6. The van der Waals surface area contributed by atoms with Crippen molar-refractivity contribution in [2.45, 2.75) is 37.0 Å². The van der Waals surface area contributed by atoms with Gasteiger partial charge >= 0.3 is 0 Å². The Morgan fingerprint density at radius 1 is 0.889 bits per heavy atom. The SMILES string of the molecule is NC(=O)[C@H]1CSSC[C@@H](NC(=O)[C@@H](N)Cc2ccc([N+](=O)[O-])cc2)C(=O)NCC(=O)N[C@@H](Cc2ccc([N+](=O)[O-])cc2)C(=O)N1. The Bertz CT molecular complexity index is 1440. The average Bonchev–Trinajstić information content (AvgIpc) is 3.00. The van der Waals surface area contributed by atoms with Gasteiger partial charge in [-0.1, -0.05) is 45.9 Å². The van der Waals surface area contributed by atoms with Gasteiger partial charge in [0.15, 0.2) is 0 Å². The Hall–Kier alpha value is -4.75. The molecule has 8 N–H and O–H groups in total. The summed E-state index contributed by atoms with van der Waals surface area (Å²) in [6.45, 7) is -0.568. The van der Waals surface area contributed by atoms with Crippen LogP contribution in [0, 0.1) is 20.2 Å². The molecule has 5 amide bonds. The number of non-ortho nitro benzene ring substituents is 2. The number of nitrogens with zero attached hydrogens (tertiary/aromatic N) is 2. The number of hydrogen-bond donors (Lipinski definition) is 6. The van der Waals surface area contributed by atoms with Crippen LogP contribution < -0.4 is 32.7 Å². The molecule has 3 rings (SSSR count). The highest BCUT2D eigenvalue weighted by Gasteiger charge is 2.29. The lowest BCUT2D eigenvalue weighted by molar-refractivity contribution is -0.385. The number of carbonyl (C=O) groups is 5. The second-order valence-corrected chi connectivity index (χ2v) is 12.3. The van der Waals surface area contributed by atoms with Gasteiger partial charge in [-0.3, -0.25) is 44.2 Å². The summed E-state index contributed by atoms with van der Waals surface area (Å²) in [7, 11) is 2.21. The van der Waals surface area contributed by atoms with E-state index in [2.05, 4.69) is 21.3 Å². The number of nitrogens with one attached hydrogen (secondary N) is 4. The first-order chi connectivity index (χ1) is 21.3. The molecule has 0 aromatic heterocycles. The molecule has 1 aliphatic rings. The smallest absolute Gasteiger partial charge is 0.269 e. The van der Waals surface area contributed by atoms with Crippen molar-refractivity contribution in [3.05, 3.63) is 79.9 Å². The molecule has 4 atom stereocenters. The number of nitro benzene ring substituents is 2. The quantitative estimate of drug-likeness (QED) is 0.108. The molecule has 1 aliphatic heterocycles. The number of primary amides is 1. The van der Waals surface area contributed by atoms with Crippen LogP contribution in [-0.2, 0) is 36.8 Å². The second kappa shape index (κ2) is 16.4. The molecule has 2 aromatic carbocycles. The van der Waals surface area contributed by atoms with E-state index in [1.807, 2.05) is 0 Å². The number of hydrogen-bond acceptors (Lipinski definition) is 12. The Morgan fingerprint density at radius 3 is 2.00 bits per heavy atom. The molecule has 0 radical (unpaired) electrons. The first kappa shape index (κ1) is 34.7. The molecule has 0 aliphatic carbocycles. The normalized spacial score (nSPS) is 20.4. The predicted molar refractivity (Wildman–Crippen MR) is 164 cm³/mol. The van der Waals surface area contributed by atoms with Crippen molar-refractivity contribution in [3.63, 3.8) is 0 Å².